The van der Waals surface area contributed by atoms with Gasteiger partial charge in [0.2, 0.25) is 5.90 Å². The van der Waals surface area contributed by atoms with Gasteiger partial charge in [0.15, 0.2) is 5.82 Å². The number of aromatic nitrogens is 1. The summed E-state index contributed by atoms with van der Waals surface area (Å²) in [6, 6.07) is 3.95. The third-order valence-electron chi connectivity index (χ3n) is 4.57. The second-order valence-electron chi connectivity index (χ2n) is 7.78. The lowest BCUT2D eigenvalue weighted by molar-refractivity contribution is -0.404. The van der Waals surface area contributed by atoms with Crippen LogP contribution in [0.1, 0.15) is 26.3 Å². The zero-order valence-electron chi connectivity index (χ0n) is 17.4. The van der Waals surface area contributed by atoms with E-state index in [2.05, 4.69) is 22.2 Å². The second kappa shape index (κ2) is 9.80. The predicted octanol–water partition coefficient (Wildman–Crippen LogP) is 3.54. The summed E-state index contributed by atoms with van der Waals surface area (Å²) in [6.45, 7) is 7.21. The van der Waals surface area contributed by atoms with Crippen molar-refractivity contribution in [1.29, 1.82) is 0 Å². The summed E-state index contributed by atoms with van der Waals surface area (Å²) in [6.07, 6.45) is 10.3. The molecule has 0 radical (unpaired) electrons. The van der Waals surface area contributed by atoms with Crippen molar-refractivity contribution in [3.8, 4) is 0 Å². The molecule has 160 valence electrons. The van der Waals surface area contributed by atoms with Crippen LogP contribution in [-0.4, -0.2) is 45.1 Å². The van der Waals surface area contributed by atoms with Crippen LogP contribution in [0, 0.1) is 16.0 Å². The van der Waals surface area contributed by atoms with Crippen LogP contribution in [0.3, 0.4) is 0 Å². The molecule has 3 rings (SSSR count). The van der Waals surface area contributed by atoms with E-state index in [1.54, 1.807) is 22.9 Å². The van der Waals surface area contributed by atoms with Gasteiger partial charge in [0.25, 0.3) is 6.20 Å². The zero-order valence-corrected chi connectivity index (χ0v) is 18.3. The summed E-state index contributed by atoms with van der Waals surface area (Å²) >= 11 is 1.74. The first kappa shape index (κ1) is 21.9. The Morgan fingerprint density at radius 1 is 1.53 bits per heavy atom. The lowest BCUT2D eigenvalue weighted by Crippen LogP contribution is -2.30. The molecule has 0 saturated heterocycles. The molecule has 1 atom stereocenters. The molecule has 1 unspecified atom stereocenters. The number of pyridine rings is 1. The number of ether oxygens (including phenoxy) is 1. The molecule has 8 nitrogen and oxygen atoms in total. The maximum absolute atomic E-state index is 11.2. The molecule has 0 amide bonds. The van der Waals surface area contributed by atoms with Gasteiger partial charge in [0, 0.05) is 54.3 Å². The highest BCUT2D eigenvalue weighted by Crippen LogP contribution is 2.28. The Bertz CT molecular complexity index is 880. The van der Waals surface area contributed by atoms with Gasteiger partial charge in [-0.15, -0.1) is 0 Å². The average Bonchev–Trinajstić information content (AvgIpc) is 3.07. The minimum absolute atomic E-state index is 0.112. The van der Waals surface area contributed by atoms with E-state index in [-0.39, 0.29) is 11.5 Å². The molecular weight excluding hydrogens is 402 g/mol. The van der Waals surface area contributed by atoms with E-state index in [0.29, 0.717) is 24.9 Å². The standard InChI is InChI=1S/C21H27N5O3S/c1-16-6-9-25(12-18(16)20-24-21(2,3)15-29-20)19(13-26(27)28)23-8-10-30-14-17-5-4-7-22-11-17/h4-7,9,11-13,16,23H,8,10,14-15H2,1-3H3/b19-13+. The molecule has 0 fully saturated rings. The Morgan fingerprint density at radius 3 is 3.03 bits per heavy atom. The first-order valence-electron chi connectivity index (χ1n) is 9.81. The van der Waals surface area contributed by atoms with Crippen LogP contribution in [0.15, 0.2) is 65.6 Å². The maximum atomic E-state index is 11.2. The van der Waals surface area contributed by atoms with Gasteiger partial charge in [-0.2, -0.15) is 11.8 Å². The number of nitrogens with one attached hydrogen (secondary N) is 1. The molecule has 0 saturated carbocycles. The topological polar surface area (TPSA) is 92.9 Å². The van der Waals surface area contributed by atoms with Crippen molar-refractivity contribution >= 4 is 17.7 Å². The SMILES string of the molecule is CC1C=CN(/C(=C/[N+](=O)[O-])NCCSCc2cccnc2)C=C1C1=NC(C)(C)CO1. The lowest BCUT2D eigenvalue weighted by Gasteiger charge is -2.26. The van der Waals surface area contributed by atoms with Crippen LogP contribution in [0.25, 0.3) is 0 Å². The number of nitro groups is 1. The first-order valence-corrected chi connectivity index (χ1v) is 11.0. The van der Waals surface area contributed by atoms with Gasteiger partial charge in [-0.25, -0.2) is 4.99 Å². The van der Waals surface area contributed by atoms with Crippen molar-refractivity contribution in [3.05, 3.63) is 76.3 Å². The number of aliphatic imine (C=N–C) groups is 1. The highest BCUT2D eigenvalue weighted by molar-refractivity contribution is 7.98. The molecule has 1 N–H and O–H groups in total. The van der Waals surface area contributed by atoms with Crippen molar-refractivity contribution in [1.82, 2.24) is 15.2 Å². The molecule has 9 heteroatoms. The van der Waals surface area contributed by atoms with Crippen LogP contribution in [0.5, 0.6) is 0 Å². The molecule has 2 aliphatic rings. The smallest absolute Gasteiger partial charge is 0.274 e. The molecule has 0 bridgehead atoms. The van der Waals surface area contributed by atoms with Crippen LogP contribution >= 0.6 is 11.8 Å². The van der Waals surface area contributed by atoms with Crippen LogP contribution < -0.4 is 5.32 Å². The van der Waals surface area contributed by atoms with Crippen molar-refractivity contribution in [2.75, 3.05) is 18.9 Å². The third-order valence-corrected chi connectivity index (χ3v) is 5.60. The summed E-state index contributed by atoms with van der Waals surface area (Å²) in [5.74, 6) is 2.77. The number of allylic oxidation sites excluding steroid dienone is 1. The highest BCUT2D eigenvalue weighted by atomic mass is 32.2. The van der Waals surface area contributed by atoms with Gasteiger partial charge in [0.05, 0.1) is 10.5 Å². The monoisotopic (exact) mass is 429 g/mol. The van der Waals surface area contributed by atoms with Gasteiger partial charge in [-0.05, 0) is 25.5 Å². The van der Waals surface area contributed by atoms with E-state index < -0.39 is 4.92 Å². The number of hydrogen-bond donors (Lipinski definition) is 1. The molecule has 0 spiro atoms. The van der Waals surface area contributed by atoms with Gasteiger partial charge in [-0.3, -0.25) is 15.1 Å². The third kappa shape index (κ3) is 6.09. The van der Waals surface area contributed by atoms with E-state index >= 15 is 0 Å². The largest absolute Gasteiger partial charge is 0.475 e. The van der Waals surface area contributed by atoms with Crippen molar-refractivity contribution in [3.63, 3.8) is 0 Å². The fraction of sp³-hybridized carbons (Fsp3) is 0.429. The van der Waals surface area contributed by atoms with Gasteiger partial charge in [0.1, 0.15) is 6.61 Å². The molecule has 0 aromatic carbocycles. The minimum atomic E-state index is -0.447. The van der Waals surface area contributed by atoms with E-state index in [1.807, 2.05) is 50.7 Å². The molecule has 1 aromatic rings. The lowest BCUT2D eigenvalue weighted by atomic mass is 9.99. The minimum Gasteiger partial charge on any atom is -0.475 e. The van der Waals surface area contributed by atoms with Gasteiger partial charge in [-0.1, -0.05) is 19.1 Å². The molecular formula is C21H27N5O3S. The van der Waals surface area contributed by atoms with Crippen LogP contribution in [-0.2, 0) is 10.5 Å². The average molecular weight is 430 g/mol. The number of thioether (sulfide) groups is 1. The summed E-state index contributed by atoms with van der Waals surface area (Å²) in [5.41, 5.74) is 1.81. The zero-order chi connectivity index (χ0) is 21.6. The van der Waals surface area contributed by atoms with Gasteiger partial charge < -0.3 is 15.0 Å². The first-order chi connectivity index (χ1) is 14.3. The van der Waals surface area contributed by atoms with Crippen molar-refractivity contribution < 1.29 is 9.66 Å². The number of rotatable bonds is 9. The van der Waals surface area contributed by atoms with E-state index in [1.165, 1.54) is 0 Å². The van der Waals surface area contributed by atoms with Crippen molar-refractivity contribution in [2.24, 2.45) is 10.9 Å². The van der Waals surface area contributed by atoms with E-state index in [9.17, 15) is 10.1 Å². The molecule has 30 heavy (non-hydrogen) atoms. The quantitative estimate of drug-likeness (QED) is 0.365. The molecule has 1 aromatic heterocycles. The Morgan fingerprint density at radius 2 is 2.37 bits per heavy atom. The Labute approximate surface area is 181 Å². The van der Waals surface area contributed by atoms with Gasteiger partial charge >= 0.3 is 0 Å². The summed E-state index contributed by atoms with van der Waals surface area (Å²) in [7, 11) is 0. The number of hydrogen-bond acceptors (Lipinski definition) is 8. The summed E-state index contributed by atoms with van der Waals surface area (Å²) in [4.78, 5) is 21.2. The summed E-state index contributed by atoms with van der Waals surface area (Å²) < 4.78 is 5.78. The molecule has 2 aliphatic heterocycles. The predicted molar refractivity (Wildman–Crippen MR) is 119 cm³/mol. The number of nitrogens with zero attached hydrogens (tertiary/aromatic N) is 4. The fourth-order valence-corrected chi connectivity index (χ4v) is 3.79. The molecule has 3 heterocycles. The second-order valence-corrected chi connectivity index (χ2v) is 8.89. The maximum Gasteiger partial charge on any atom is 0.274 e. The van der Waals surface area contributed by atoms with Crippen LogP contribution in [0.4, 0.5) is 0 Å². The Balaban J connectivity index is 1.63. The Hall–Kier alpha value is -2.81. The normalized spacial score (nSPS) is 20.4. The van der Waals surface area contributed by atoms with E-state index in [0.717, 1.165) is 28.8 Å². The van der Waals surface area contributed by atoms with Crippen LogP contribution in [0.2, 0.25) is 0 Å². The fourth-order valence-electron chi connectivity index (χ4n) is 3.00. The van der Waals surface area contributed by atoms with Crippen molar-refractivity contribution in [2.45, 2.75) is 32.1 Å². The highest BCUT2D eigenvalue weighted by Gasteiger charge is 2.31. The summed E-state index contributed by atoms with van der Waals surface area (Å²) in [5, 5.41) is 14.4. The molecule has 0 aliphatic carbocycles. The Kier molecular flexibility index (Phi) is 7.15. The van der Waals surface area contributed by atoms with E-state index in [4.69, 9.17) is 4.74 Å².